The van der Waals surface area contributed by atoms with E-state index in [2.05, 4.69) is 22.9 Å². The van der Waals surface area contributed by atoms with Gasteiger partial charge in [-0.25, -0.2) is 0 Å². The molecule has 25 heavy (non-hydrogen) atoms. The number of rotatable bonds is 8. The number of nitrogens with one attached hydrogen (secondary N) is 3. The zero-order valence-corrected chi connectivity index (χ0v) is 15.9. The number of aryl methyl sites for hydroxylation is 1. The van der Waals surface area contributed by atoms with Crippen molar-refractivity contribution in [1.29, 1.82) is 0 Å². The van der Waals surface area contributed by atoms with Crippen molar-refractivity contribution in [2.75, 3.05) is 25.0 Å². The van der Waals surface area contributed by atoms with E-state index in [1.165, 1.54) is 11.3 Å². The molecular weight excluding hydrogens is 358 g/mol. The molecule has 1 heterocycles. The number of benzene rings is 1. The average molecular weight is 380 g/mol. The summed E-state index contributed by atoms with van der Waals surface area (Å²) in [6.45, 7) is 6.19. The maximum Gasteiger partial charge on any atom is 0.261 e. The Balaban J connectivity index is 1.96. The van der Waals surface area contributed by atoms with Crippen molar-refractivity contribution in [3.63, 3.8) is 0 Å². The molecule has 0 aliphatic rings. The van der Waals surface area contributed by atoms with E-state index in [4.69, 9.17) is 11.6 Å². The van der Waals surface area contributed by atoms with Crippen LogP contribution in [-0.4, -0.2) is 31.4 Å². The molecule has 0 aliphatic heterocycles. The highest BCUT2D eigenvalue weighted by atomic mass is 35.5. The number of thiophene rings is 1. The fraction of sp³-hybridized carbons (Fsp3) is 0.333. The summed E-state index contributed by atoms with van der Waals surface area (Å²) in [6, 6.07) is 8.65. The van der Waals surface area contributed by atoms with Crippen LogP contribution in [0.25, 0.3) is 0 Å². The standard InChI is InChI=1S/C18H22ClN3O2S/c1-3-8-20-9-10-21-18(24)16-12(2)11-15(25-16)22-17(23)13-6-4-5-7-14(13)19/h4-7,11,20H,3,8-10H2,1-2H3,(H,21,24)(H,22,23). The minimum Gasteiger partial charge on any atom is -0.350 e. The molecule has 0 unspecified atom stereocenters. The molecule has 7 heteroatoms. The van der Waals surface area contributed by atoms with E-state index in [9.17, 15) is 9.59 Å². The van der Waals surface area contributed by atoms with Crippen LogP contribution in [0.3, 0.4) is 0 Å². The van der Waals surface area contributed by atoms with Gasteiger partial charge in [-0.2, -0.15) is 0 Å². The third-order valence-electron chi connectivity index (χ3n) is 3.49. The Bertz CT molecular complexity index is 746. The molecule has 2 aromatic rings. The van der Waals surface area contributed by atoms with Crippen molar-refractivity contribution in [3.05, 3.63) is 51.4 Å². The lowest BCUT2D eigenvalue weighted by Crippen LogP contribution is -2.31. The zero-order valence-electron chi connectivity index (χ0n) is 14.3. The molecule has 2 amide bonds. The molecule has 0 fully saturated rings. The highest BCUT2D eigenvalue weighted by Gasteiger charge is 2.16. The lowest BCUT2D eigenvalue weighted by Gasteiger charge is -2.05. The second-order valence-corrected chi connectivity index (χ2v) is 7.02. The quantitative estimate of drug-likeness (QED) is 0.612. The molecule has 0 aliphatic carbocycles. The summed E-state index contributed by atoms with van der Waals surface area (Å²) >= 11 is 7.30. The van der Waals surface area contributed by atoms with Crippen LogP contribution in [0.15, 0.2) is 30.3 Å². The molecule has 1 aromatic heterocycles. The van der Waals surface area contributed by atoms with Gasteiger partial charge in [-0.05, 0) is 43.7 Å². The first-order valence-electron chi connectivity index (χ1n) is 8.18. The van der Waals surface area contributed by atoms with Crippen molar-refractivity contribution in [3.8, 4) is 0 Å². The van der Waals surface area contributed by atoms with Crippen LogP contribution < -0.4 is 16.0 Å². The SMILES string of the molecule is CCCNCCNC(=O)c1sc(NC(=O)c2ccccc2Cl)cc1C. The summed E-state index contributed by atoms with van der Waals surface area (Å²) in [4.78, 5) is 25.2. The van der Waals surface area contributed by atoms with E-state index in [-0.39, 0.29) is 11.8 Å². The highest BCUT2D eigenvalue weighted by molar-refractivity contribution is 7.18. The van der Waals surface area contributed by atoms with Gasteiger partial charge in [0.05, 0.1) is 20.5 Å². The van der Waals surface area contributed by atoms with Gasteiger partial charge < -0.3 is 16.0 Å². The molecule has 0 atom stereocenters. The molecule has 0 bridgehead atoms. The fourth-order valence-corrected chi connectivity index (χ4v) is 3.45. The number of carbonyl (C=O) groups excluding carboxylic acids is 2. The topological polar surface area (TPSA) is 70.2 Å². The van der Waals surface area contributed by atoms with Gasteiger partial charge in [0.1, 0.15) is 0 Å². The summed E-state index contributed by atoms with van der Waals surface area (Å²) < 4.78 is 0. The first-order valence-corrected chi connectivity index (χ1v) is 9.37. The Hall–Kier alpha value is -1.89. The number of halogens is 1. The van der Waals surface area contributed by atoms with Gasteiger partial charge in [-0.15, -0.1) is 11.3 Å². The van der Waals surface area contributed by atoms with Crippen molar-refractivity contribution in [2.45, 2.75) is 20.3 Å². The van der Waals surface area contributed by atoms with Crippen LogP contribution in [0.4, 0.5) is 5.00 Å². The maximum absolute atomic E-state index is 12.3. The number of anilines is 1. The summed E-state index contributed by atoms with van der Waals surface area (Å²) in [5.41, 5.74) is 1.24. The molecule has 0 saturated heterocycles. The van der Waals surface area contributed by atoms with E-state index in [0.29, 0.717) is 27.0 Å². The van der Waals surface area contributed by atoms with Crippen molar-refractivity contribution >= 4 is 39.8 Å². The van der Waals surface area contributed by atoms with Gasteiger partial charge in [0, 0.05) is 13.1 Å². The molecular formula is C18H22ClN3O2S. The molecule has 0 spiro atoms. The monoisotopic (exact) mass is 379 g/mol. The molecule has 3 N–H and O–H groups in total. The van der Waals surface area contributed by atoms with Crippen LogP contribution >= 0.6 is 22.9 Å². The van der Waals surface area contributed by atoms with Crippen molar-refractivity contribution < 1.29 is 9.59 Å². The summed E-state index contributed by atoms with van der Waals surface area (Å²) in [6.07, 6.45) is 1.06. The summed E-state index contributed by atoms with van der Waals surface area (Å²) in [7, 11) is 0. The minimum atomic E-state index is -0.289. The Labute approximate surface area is 156 Å². The first kappa shape index (κ1) is 19.4. The van der Waals surface area contributed by atoms with Crippen LogP contribution in [0.2, 0.25) is 5.02 Å². The van der Waals surface area contributed by atoms with Crippen LogP contribution in [0, 0.1) is 6.92 Å². The second kappa shape index (κ2) is 9.56. The van der Waals surface area contributed by atoms with E-state index in [1.807, 2.05) is 6.92 Å². The zero-order chi connectivity index (χ0) is 18.2. The van der Waals surface area contributed by atoms with Gasteiger partial charge in [0.25, 0.3) is 11.8 Å². The third-order valence-corrected chi connectivity index (χ3v) is 4.97. The van der Waals surface area contributed by atoms with Crippen molar-refractivity contribution in [1.82, 2.24) is 10.6 Å². The van der Waals surface area contributed by atoms with Gasteiger partial charge in [-0.1, -0.05) is 30.7 Å². The smallest absolute Gasteiger partial charge is 0.261 e. The highest BCUT2D eigenvalue weighted by Crippen LogP contribution is 2.27. The van der Waals surface area contributed by atoms with E-state index in [0.717, 1.165) is 25.1 Å². The molecule has 0 radical (unpaired) electrons. The summed E-state index contributed by atoms with van der Waals surface area (Å²) in [5.74, 6) is -0.415. The predicted octanol–water partition coefficient (Wildman–Crippen LogP) is 3.69. The van der Waals surface area contributed by atoms with Gasteiger partial charge in [-0.3, -0.25) is 9.59 Å². The number of carbonyl (C=O) groups is 2. The number of amides is 2. The van der Waals surface area contributed by atoms with Gasteiger partial charge in [0.15, 0.2) is 0 Å². The normalized spacial score (nSPS) is 10.5. The van der Waals surface area contributed by atoms with Gasteiger partial charge >= 0.3 is 0 Å². The Morgan fingerprint density at radius 2 is 1.88 bits per heavy atom. The molecule has 5 nitrogen and oxygen atoms in total. The van der Waals surface area contributed by atoms with Crippen LogP contribution in [-0.2, 0) is 0 Å². The second-order valence-electron chi connectivity index (χ2n) is 5.56. The Kier molecular flexibility index (Phi) is 7.43. The third kappa shape index (κ3) is 5.56. The van der Waals surface area contributed by atoms with Crippen LogP contribution in [0.5, 0.6) is 0 Å². The minimum absolute atomic E-state index is 0.126. The molecule has 2 rings (SSSR count). The van der Waals surface area contributed by atoms with Crippen molar-refractivity contribution in [2.24, 2.45) is 0 Å². The average Bonchev–Trinajstić information content (AvgIpc) is 2.95. The van der Waals surface area contributed by atoms with E-state index < -0.39 is 0 Å². The van der Waals surface area contributed by atoms with Crippen LogP contribution in [0.1, 0.15) is 38.9 Å². The van der Waals surface area contributed by atoms with Gasteiger partial charge in [0.2, 0.25) is 0 Å². The number of hydrogen-bond acceptors (Lipinski definition) is 4. The lowest BCUT2D eigenvalue weighted by atomic mass is 10.2. The maximum atomic E-state index is 12.3. The first-order chi connectivity index (χ1) is 12.0. The molecule has 0 saturated carbocycles. The summed E-state index contributed by atoms with van der Waals surface area (Å²) in [5, 5.41) is 9.93. The largest absolute Gasteiger partial charge is 0.350 e. The Morgan fingerprint density at radius 3 is 2.60 bits per heavy atom. The molecule has 134 valence electrons. The van der Waals surface area contributed by atoms with E-state index >= 15 is 0 Å². The molecule has 1 aromatic carbocycles. The lowest BCUT2D eigenvalue weighted by molar-refractivity contribution is 0.0956. The Morgan fingerprint density at radius 1 is 1.12 bits per heavy atom. The number of hydrogen-bond donors (Lipinski definition) is 3. The fourth-order valence-electron chi connectivity index (χ4n) is 2.24. The predicted molar refractivity (Wildman–Crippen MR) is 104 cm³/mol. The van der Waals surface area contributed by atoms with E-state index in [1.54, 1.807) is 30.3 Å².